The van der Waals surface area contributed by atoms with E-state index in [2.05, 4.69) is 10.3 Å². The topological polar surface area (TPSA) is 132 Å². The minimum absolute atomic E-state index is 0.190. The fourth-order valence-electron chi connectivity index (χ4n) is 1.20. The number of aromatic nitrogens is 1. The maximum Gasteiger partial charge on any atom is 0.339 e. The van der Waals surface area contributed by atoms with Crippen LogP contribution in [0.15, 0.2) is 24.5 Å². The van der Waals surface area contributed by atoms with Crippen LogP contribution in [0, 0.1) is 0 Å². The van der Waals surface area contributed by atoms with Crippen LogP contribution in [0.25, 0.3) is 0 Å². The van der Waals surface area contributed by atoms with Gasteiger partial charge in [-0.15, -0.1) is 0 Å². The number of nitrogens with zero attached hydrogens (tertiary/aromatic N) is 1. The van der Waals surface area contributed by atoms with E-state index in [4.69, 9.17) is 15.6 Å². The summed E-state index contributed by atoms with van der Waals surface area (Å²) in [6, 6.07) is 0.814. The van der Waals surface area contributed by atoms with Gasteiger partial charge in [0.05, 0.1) is 11.6 Å². The standard InChI is InChI=1S/C12H15N3O5/c1-7(13)10(16)15-9(11(17)18)6-20-12(19)8-3-2-4-14-5-8/h2-5,7,9H,6,13H2,1H3,(H,15,16)(H,17,18)/t7-,9+/m1/s1. The normalized spacial score (nSPS) is 13.1. The summed E-state index contributed by atoms with van der Waals surface area (Å²) in [7, 11) is 0. The average Bonchev–Trinajstić information content (AvgIpc) is 2.43. The van der Waals surface area contributed by atoms with Crippen molar-refractivity contribution in [2.45, 2.75) is 19.0 Å². The number of aliphatic carboxylic acids is 1. The predicted molar refractivity (Wildman–Crippen MR) is 67.7 cm³/mol. The van der Waals surface area contributed by atoms with Gasteiger partial charge in [-0.2, -0.15) is 0 Å². The fourth-order valence-corrected chi connectivity index (χ4v) is 1.20. The van der Waals surface area contributed by atoms with Crippen LogP contribution in [0.5, 0.6) is 0 Å². The number of amides is 1. The molecule has 8 nitrogen and oxygen atoms in total. The average molecular weight is 281 g/mol. The zero-order chi connectivity index (χ0) is 15.1. The van der Waals surface area contributed by atoms with Gasteiger partial charge in [-0.1, -0.05) is 0 Å². The third-order valence-corrected chi connectivity index (χ3v) is 2.31. The predicted octanol–water partition coefficient (Wildman–Crippen LogP) is -0.845. The molecule has 1 amide bonds. The lowest BCUT2D eigenvalue weighted by atomic mass is 10.2. The Morgan fingerprint density at radius 1 is 1.50 bits per heavy atom. The molecule has 1 rings (SSSR count). The van der Waals surface area contributed by atoms with E-state index >= 15 is 0 Å². The Morgan fingerprint density at radius 2 is 2.20 bits per heavy atom. The quantitative estimate of drug-likeness (QED) is 0.579. The van der Waals surface area contributed by atoms with Gasteiger partial charge in [-0.25, -0.2) is 9.59 Å². The number of carboxylic acids is 1. The van der Waals surface area contributed by atoms with Crippen molar-refractivity contribution >= 4 is 17.8 Å². The molecule has 0 fully saturated rings. The zero-order valence-electron chi connectivity index (χ0n) is 10.8. The van der Waals surface area contributed by atoms with Gasteiger partial charge in [-0.3, -0.25) is 9.78 Å². The van der Waals surface area contributed by atoms with Gasteiger partial charge >= 0.3 is 11.9 Å². The van der Waals surface area contributed by atoms with Crippen molar-refractivity contribution in [3.8, 4) is 0 Å². The number of nitrogens with one attached hydrogen (secondary N) is 1. The number of nitrogens with two attached hydrogens (primary N) is 1. The van der Waals surface area contributed by atoms with Crippen molar-refractivity contribution in [2.24, 2.45) is 5.73 Å². The Balaban J connectivity index is 2.57. The Labute approximate surface area is 114 Å². The SMILES string of the molecule is C[C@@H](N)C(=O)N[C@@H](COC(=O)c1cccnc1)C(=O)O. The van der Waals surface area contributed by atoms with Crippen LogP contribution in [0.3, 0.4) is 0 Å². The molecule has 0 radical (unpaired) electrons. The van der Waals surface area contributed by atoms with E-state index < -0.39 is 36.5 Å². The third kappa shape index (κ3) is 4.65. The third-order valence-electron chi connectivity index (χ3n) is 2.31. The van der Waals surface area contributed by atoms with E-state index in [-0.39, 0.29) is 5.56 Å². The highest BCUT2D eigenvalue weighted by atomic mass is 16.5. The van der Waals surface area contributed by atoms with Gasteiger partial charge in [0.2, 0.25) is 5.91 Å². The van der Waals surface area contributed by atoms with Gasteiger partial charge in [0.15, 0.2) is 6.04 Å². The summed E-state index contributed by atoms with van der Waals surface area (Å²) in [6.07, 6.45) is 2.78. The Hall–Kier alpha value is -2.48. The molecule has 108 valence electrons. The van der Waals surface area contributed by atoms with E-state index in [1.54, 1.807) is 6.07 Å². The molecule has 0 aliphatic carbocycles. The van der Waals surface area contributed by atoms with Crippen molar-refractivity contribution in [3.63, 3.8) is 0 Å². The van der Waals surface area contributed by atoms with Crippen LogP contribution < -0.4 is 11.1 Å². The number of carbonyl (C=O) groups excluding carboxylic acids is 2. The largest absolute Gasteiger partial charge is 0.480 e. The number of rotatable bonds is 6. The molecular formula is C12H15N3O5. The van der Waals surface area contributed by atoms with Crippen molar-refractivity contribution < 1.29 is 24.2 Å². The zero-order valence-corrected chi connectivity index (χ0v) is 10.8. The lowest BCUT2D eigenvalue weighted by Crippen LogP contribution is -2.49. The van der Waals surface area contributed by atoms with E-state index in [9.17, 15) is 14.4 Å². The number of carbonyl (C=O) groups is 3. The minimum atomic E-state index is -1.35. The van der Waals surface area contributed by atoms with Gasteiger partial charge in [0.1, 0.15) is 6.61 Å². The van der Waals surface area contributed by atoms with Crippen LogP contribution in [-0.2, 0) is 14.3 Å². The Morgan fingerprint density at radius 3 is 2.70 bits per heavy atom. The first kappa shape index (κ1) is 15.6. The minimum Gasteiger partial charge on any atom is -0.480 e. The molecule has 0 aromatic carbocycles. The molecule has 1 aromatic heterocycles. The highest BCUT2D eigenvalue weighted by molar-refractivity contribution is 5.90. The summed E-state index contributed by atoms with van der Waals surface area (Å²) >= 11 is 0. The van der Waals surface area contributed by atoms with Gasteiger partial charge in [0.25, 0.3) is 0 Å². The first-order valence-corrected chi connectivity index (χ1v) is 5.77. The molecule has 0 spiro atoms. The second-order valence-electron chi connectivity index (χ2n) is 4.03. The Bertz CT molecular complexity index is 489. The lowest BCUT2D eigenvalue weighted by Gasteiger charge is -2.16. The molecule has 4 N–H and O–H groups in total. The fraction of sp³-hybridized carbons (Fsp3) is 0.333. The molecular weight excluding hydrogens is 266 g/mol. The number of carboxylic acid groups (broad SMARTS) is 1. The highest BCUT2D eigenvalue weighted by Crippen LogP contribution is 2.00. The van der Waals surface area contributed by atoms with E-state index in [1.165, 1.54) is 25.4 Å². The monoisotopic (exact) mass is 281 g/mol. The summed E-state index contributed by atoms with van der Waals surface area (Å²) in [5.74, 6) is -2.69. The molecule has 0 saturated heterocycles. The smallest absolute Gasteiger partial charge is 0.339 e. The molecule has 8 heteroatoms. The Kier molecular flexibility index (Phi) is 5.60. The number of ether oxygens (including phenoxy) is 1. The molecule has 0 aliphatic heterocycles. The molecule has 0 bridgehead atoms. The summed E-state index contributed by atoms with van der Waals surface area (Å²) in [5, 5.41) is 11.1. The highest BCUT2D eigenvalue weighted by Gasteiger charge is 2.23. The molecule has 20 heavy (non-hydrogen) atoms. The number of hydrogen-bond donors (Lipinski definition) is 3. The van der Waals surface area contributed by atoms with E-state index in [0.717, 1.165) is 0 Å². The van der Waals surface area contributed by atoms with Gasteiger partial charge in [-0.05, 0) is 19.1 Å². The van der Waals surface area contributed by atoms with Crippen molar-refractivity contribution in [1.29, 1.82) is 0 Å². The van der Waals surface area contributed by atoms with Gasteiger partial charge < -0.3 is 20.9 Å². The molecule has 1 aromatic rings. The van der Waals surface area contributed by atoms with E-state index in [0.29, 0.717) is 0 Å². The second-order valence-corrected chi connectivity index (χ2v) is 4.03. The van der Waals surface area contributed by atoms with Crippen molar-refractivity contribution in [3.05, 3.63) is 30.1 Å². The van der Waals surface area contributed by atoms with Crippen LogP contribution in [-0.4, -0.2) is 46.6 Å². The van der Waals surface area contributed by atoms with Gasteiger partial charge in [0, 0.05) is 12.4 Å². The number of hydrogen-bond acceptors (Lipinski definition) is 6. The van der Waals surface area contributed by atoms with Crippen LogP contribution >= 0.6 is 0 Å². The summed E-state index contributed by atoms with van der Waals surface area (Å²) < 4.78 is 4.82. The maximum absolute atomic E-state index is 11.6. The molecule has 2 atom stereocenters. The first-order chi connectivity index (χ1) is 9.41. The van der Waals surface area contributed by atoms with Crippen molar-refractivity contribution in [2.75, 3.05) is 6.61 Å². The summed E-state index contributed by atoms with van der Waals surface area (Å²) in [5.41, 5.74) is 5.50. The second kappa shape index (κ2) is 7.19. The van der Waals surface area contributed by atoms with Crippen LogP contribution in [0.4, 0.5) is 0 Å². The maximum atomic E-state index is 11.6. The number of esters is 1. The molecule has 1 heterocycles. The lowest BCUT2D eigenvalue weighted by molar-refractivity contribution is -0.143. The van der Waals surface area contributed by atoms with E-state index in [1.807, 2.05) is 0 Å². The first-order valence-electron chi connectivity index (χ1n) is 5.77. The van der Waals surface area contributed by atoms with Crippen LogP contribution in [0.2, 0.25) is 0 Å². The van der Waals surface area contributed by atoms with Crippen LogP contribution in [0.1, 0.15) is 17.3 Å². The number of pyridine rings is 1. The summed E-state index contributed by atoms with van der Waals surface area (Å²) in [6.45, 7) is 0.914. The summed E-state index contributed by atoms with van der Waals surface area (Å²) in [4.78, 5) is 37.6. The molecule has 0 saturated carbocycles. The molecule has 0 aliphatic rings. The molecule has 0 unspecified atom stereocenters. The van der Waals surface area contributed by atoms with Crippen molar-refractivity contribution in [1.82, 2.24) is 10.3 Å².